The Hall–Kier alpha value is -1.80. The van der Waals surface area contributed by atoms with Gasteiger partial charge in [-0.25, -0.2) is 0 Å². The standard InChI is InChI=1S/C9H6N2/c10-6-8-4-2-1-3-5-9(8)7-11/h1-4H,5H2. The molecule has 0 radical (unpaired) electrons. The Balaban J connectivity index is 3.09. The normalized spacial score (nSPS) is 15.5. The summed E-state index contributed by atoms with van der Waals surface area (Å²) >= 11 is 0. The van der Waals surface area contributed by atoms with Gasteiger partial charge in [0.1, 0.15) is 6.07 Å². The van der Waals surface area contributed by atoms with Gasteiger partial charge < -0.3 is 0 Å². The van der Waals surface area contributed by atoms with E-state index < -0.39 is 0 Å². The molecule has 0 saturated heterocycles. The van der Waals surface area contributed by atoms with Crippen molar-refractivity contribution in [1.82, 2.24) is 0 Å². The minimum atomic E-state index is 0.470. The smallest absolute Gasteiger partial charge is 0.100 e. The summed E-state index contributed by atoms with van der Waals surface area (Å²) in [5.41, 5.74) is 1.01. The minimum Gasteiger partial charge on any atom is -0.193 e. The highest BCUT2D eigenvalue weighted by molar-refractivity contribution is 5.47. The van der Waals surface area contributed by atoms with E-state index in [4.69, 9.17) is 10.5 Å². The summed E-state index contributed by atoms with van der Waals surface area (Å²) in [6.45, 7) is 0. The molecule has 1 aliphatic carbocycles. The maximum Gasteiger partial charge on any atom is 0.100 e. The molecule has 0 fully saturated rings. The molecule has 0 aromatic rings. The van der Waals surface area contributed by atoms with Gasteiger partial charge in [-0.15, -0.1) is 0 Å². The molecule has 2 nitrogen and oxygen atoms in total. The highest BCUT2D eigenvalue weighted by atomic mass is 14.3. The molecule has 0 aromatic heterocycles. The van der Waals surface area contributed by atoms with Gasteiger partial charge in [-0.05, 0) is 6.08 Å². The number of hydrogen-bond acceptors (Lipinski definition) is 2. The predicted molar refractivity (Wildman–Crippen MR) is 41.1 cm³/mol. The molecule has 0 bridgehead atoms. The van der Waals surface area contributed by atoms with Gasteiger partial charge >= 0.3 is 0 Å². The third kappa shape index (κ3) is 1.56. The molecule has 1 aliphatic rings. The molecule has 0 heterocycles. The lowest BCUT2D eigenvalue weighted by atomic mass is 10.1. The first-order valence-corrected chi connectivity index (χ1v) is 3.25. The third-order valence-electron chi connectivity index (χ3n) is 1.41. The highest BCUT2D eigenvalue weighted by Crippen LogP contribution is 2.12. The zero-order valence-corrected chi connectivity index (χ0v) is 5.91. The van der Waals surface area contributed by atoms with Crippen LogP contribution in [0, 0.1) is 22.7 Å². The number of hydrogen-bond donors (Lipinski definition) is 0. The van der Waals surface area contributed by atoms with Crippen LogP contribution in [-0.2, 0) is 0 Å². The molecule has 0 atom stereocenters. The van der Waals surface area contributed by atoms with Crippen molar-refractivity contribution in [2.45, 2.75) is 6.42 Å². The largest absolute Gasteiger partial charge is 0.193 e. The maximum absolute atomic E-state index is 8.59. The van der Waals surface area contributed by atoms with Crippen LogP contribution in [0.25, 0.3) is 0 Å². The number of rotatable bonds is 0. The monoisotopic (exact) mass is 142 g/mol. The second-order valence-electron chi connectivity index (χ2n) is 2.11. The van der Waals surface area contributed by atoms with Crippen LogP contribution in [0.4, 0.5) is 0 Å². The van der Waals surface area contributed by atoms with Gasteiger partial charge in [0.05, 0.1) is 17.2 Å². The summed E-state index contributed by atoms with van der Waals surface area (Å²) in [5, 5.41) is 17.2. The zero-order valence-electron chi connectivity index (χ0n) is 5.91. The van der Waals surface area contributed by atoms with Gasteiger partial charge in [0.25, 0.3) is 0 Å². The molecule has 0 amide bonds. The molecule has 0 unspecified atom stereocenters. The first kappa shape index (κ1) is 7.31. The Bertz CT molecular complexity index is 318. The predicted octanol–water partition coefficient (Wildman–Crippen LogP) is 1.85. The van der Waals surface area contributed by atoms with Crippen molar-refractivity contribution in [3.63, 3.8) is 0 Å². The van der Waals surface area contributed by atoms with E-state index >= 15 is 0 Å². The van der Waals surface area contributed by atoms with E-state index in [0.717, 1.165) is 0 Å². The van der Waals surface area contributed by atoms with E-state index in [-0.39, 0.29) is 0 Å². The molecule has 0 saturated carbocycles. The fourth-order valence-corrected chi connectivity index (χ4v) is 0.837. The average molecular weight is 142 g/mol. The van der Waals surface area contributed by atoms with Gasteiger partial charge in [-0.3, -0.25) is 0 Å². The van der Waals surface area contributed by atoms with Crippen molar-refractivity contribution in [2.75, 3.05) is 0 Å². The summed E-state index contributed by atoms with van der Waals surface area (Å²) in [7, 11) is 0. The average Bonchev–Trinajstić information content (AvgIpc) is 2.27. The molecule has 52 valence electrons. The maximum atomic E-state index is 8.59. The first-order valence-electron chi connectivity index (χ1n) is 3.25. The molecule has 2 heteroatoms. The van der Waals surface area contributed by atoms with Crippen molar-refractivity contribution >= 4 is 0 Å². The Morgan fingerprint density at radius 2 is 2.00 bits per heavy atom. The highest BCUT2D eigenvalue weighted by Gasteiger charge is 2.01. The van der Waals surface area contributed by atoms with E-state index in [1.165, 1.54) is 0 Å². The summed E-state index contributed by atoms with van der Waals surface area (Å²) in [6, 6.07) is 3.97. The number of nitriles is 2. The number of nitrogens with zero attached hydrogens (tertiary/aromatic N) is 2. The van der Waals surface area contributed by atoms with Crippen LogP contribution >= 0.6 is 0 Å². The van der Waals surface area contributed by atoms with E-state index in [1.54, 1.807) is 12.2 Å². The summed E-state index contributed by atoms with van der Waals surface area (Å²) in [6.07, 6.45) is 7.68. The van der Waals surface area contributed by atoms with Crippen LogP contribution in [0.2, 0.25) is 0 Å². The van der Waals surface area contributed by atoms with E-state index in [0.29, 0.717) is 17.6 Å². The molecular weight excluding hydrogens is 136 g/mol. The van der Waals surface area contributed by atoms with E-state index in [2.05, 4.69) is 0 Å². The number of allylic oxidation sites excluding steroid dienone is 6. The molecular formula is C9H6N2. The summed E-state index contributed by atoms with van der Waals surface area (Å²) in [5.74, 6) is 0. The second-order valence-corrected chi connectivity index (χ2v) is 2.11. The molecule has 0 aliphatic heterocycles. The molecule has 11 heavy (non-hydrogen) atoms. The fraction of sp³-hybridized carbons (Fsp3) is 0.111. The van der Waals surface area contributed by atoms with Gasteiger partial charge in [0.2, 0.25) is 0 Å². The summed E-state index contributed by atoms with van der Waals surface area (Å²) < 4.78 is 0. The van der Waals surface area contributed by atoms with Crippen LogP contribution in [0.15, 0.2) is 35.5 Å². The Morgan fingerprint density at radius 1 is 1.18 bits per heavy atom. The quantitative estimate of drug-likeness (QED) is 0.518. The first-order chi connectivity index (χ1) is 5.38. The van der Waals surface area contributed by atoms with Crippen molar-refractivity contribution in [3.05, 3.63) is 35.5 Å². The van der Waals surface area contributed by atoms with Crippen molar-refractivity contribution < 1.29 is 0 Å². The van der Waals surface area contributed by atoms with Gasteiger partial charge in [0, 0.05) is 6.42 Å². The van der Waals surface area contributed by atoms with Gasteiger partial charge in [0.15, 0.2) is 0 Å². The molecule has 1 rings (SSSR count). The van der Waals surface area contributed by atoms with Crippen LogP contribution in [0.1, 0.15) is 6.42 Å². The van der Waals surface area contributed by atoms with Crippen LogP contribution in [-0.4, -0.2) is 0 Å². The van der Waals surface area contributed by atoms with Crippen molar-refractivity contribution in [1.29, 1.82) is 10.5 Å². The second kappa shape index (κ2) is 3.39. The van der Waals surface area contributed by atoms with E-state index in [9.17, 15) is 0 Å². The van der Waals surface area contributed by atoms with Crippen molar-refractivity contribution in [2.24, 2.45) is 0 Å². The Kier molecular flexibility index (Phi) is 2.25. The zero-order chi connectivity index (χ0) is 8.10. The van der Waals surface area contributed by atoms with Crippen LogP contribution < -0.4 is 0 Å². The van der Waals surface area contributed by atoms with Crippen LogP contribution in [0.5, 0.6) is 0 Å². The lowest BCUT2D eigenvalue weighted by Crippen LogP contribution is -1.81. The Labute approximate surface area is 65.4 Å². The van der Waals surface area contributed by atoms with Gasteiger partial charge in [-0.2, -0.15) is 10.5 Å². The topological polar surface area (TPSA) is 47.6 Å². The summed E-state index contributed by atoms with van der Waals surface area (Å²) in [4.78, 5) is 0. The minimum absolute atomic E-state index is 0.470. The van der Waals surface area contributed by atoms with Crippen molar-refractivity contribution in [3.8, 4) is 12.1 Å². The van der Waals surface area contributed by atoms with E-state index in [1.807, 2.05) is 24.3 Å². The fourth-order valence-electron chi connectivity index (χ4n) is 0.837. The Morgan fingerprint density at radius 3 is 2.64 bits per heavy atom. The molecule has 0 N–H and O–H groups in total. The molecule has 0 aromatic carbocycles. The SMILES string of the molecule is N#CC1=C(C#N)CC=CC=C1. The lowest BCUT2D eigenvalue weighted by Gasteiger charge is -1.90. The third-order valence-corrected chi connectivity index (χ3v) is 1.41. The lowest BCUT2D eigenvalue weighted by molar-refractivity contribution is 1.26. The van der Waals surface area contributed by atoms with Crippen LogP contribution in [0.3, 0.4) is 0 Å². The van der Waals surface area contributed by atoms with Gasteiger partial charge in [-0.1, -0.05) is 18.2 Å². The molecule has 0 spiro atoms.